The molecule has 0 bridgehead atoms. The van der Waals surface area contributed by atoms with E-state index in [1.54, 1.807) is 0 Å². The lowest BCUT2D eigenvalue weighted by atomic mass is 9.68. The lowest BCUT2D eigenvalue weighted by molar-refractivity contribution is -0.193. The highest BCUT2D eigenvalue weighted by Gasteiger charge is 2.39. The molecule has 0 saturated heterocycles. The van der Waals surface area contributed by atoms with Crippen LogP contribution in [0.1, 0.15) is 24.3 Å². The molecule has 1 aliphatic rings. The zero-order valence-electron chi connectivity index (χ0n) is 14.4. The van der Waals surface area contributed by atoms with Gasteiger partial charge < -0.3 is 21.7 Å². The zero-order valence-corrected chi connectivity index (χ0v) is 14.4. The van der Waals surface area contributed by atoms with Gasteiger partial charge in [-0.2, -0.15) is 26.3 Å². The fraction of sp³-hybridized carbons (Fsp3) is 0.500. The van der Waals surface area contributed by atoms with Gasteiger partial charge in [-0.1, -0.05) is 30.3 Å². The Kier molecular flexibility index (Phi) is 9.95. The maximum atomic E-state index is 10.6. The molecule has 0 radical (unpaired) electrons. The van der Waals surface area contributed by atoms with Gasteiger partial charge >= 0.3 is 24.3 Å². The number of benzene rings is 1. The molecule has 0 aliphatic heterocycles. The number of carboxylic acids is 2. The first kappa shape index (κ1) is 25.7. The minimum atomic E-state index is -5.08. The first-order valence-corrected chi connectivity index (χ1v) is 7.80. The van der Waals surface area contributed by atoms with Gasteiger partial charge in [0.15, 0.2) is 0 Å². The van der Waals surface area contributed by atoms with Crippen molar-refractivity contribution in [1.82, 2.24) is 0 Å². The summed E-state index contributed by atoms with van der Waals surface area (Å²) in [5.41, 5.74) is 12.9. The molecule has 160 valence electrons. The van der Waals surface area contributed by atoms with Gasteiger partial charge in [0.25, 0.3) is 0 Å². The summed E-state index contributed by atoms with van der Waals surface area (Å²) < 4.78 is 63.5. The number of hydrogen-bond acceptors (Lipinski definition) is 4. The quantitative estimate of drug-likeness (QED) is 0.559. The van der Waals surface area contributed by atoms with Gasteiger partial charge in [-0.05, 0) is 30.2 Å². The molecular weight excluding hydrogens is 398 g/mol. The fourth-order valence-corrected chi connectivity index (χ4v) is 2.20. The van der Waals surface area contributed by atoms with Crippen LogP contribution >= 0.6 is 0 Å². The van der Waals surface area contributed by atoms with E-state index in [1.807, 2.05) is 0 Å². The molecule has 0 spiro atoms. The monoisotopic (exact) mass is 418 g/mol. The highest BCUT2D eigenvalue weighted by molar-refractivity contribution is 5.73. The third kappa shape index (κ3) is 9.55. The average molecular weight is 418 g/mol. The second-order valence-corrected chi connectivity index (χ2v) is 5.84. The van der Waals surface area contributed by atoms with E-state index in [2.05, 4.69) is 30.3 Å². The number of rotatable bonds is 3. The predicted octanol–water partition coefficient (Wildman–Crippen LogP) is 2.73. The molecule has 0 heterocycles. The summed E-state index contributed by atoms with van der Waals surface area (Å²) in [7, 11) is 0. The second-order valence-electron chi connectivity index (χ2n) is 5.84. The topological polar surface area (TPSA) is 127 Å². The summed E-state index contributed by atoms with van der Waals surface area (Å²) in [4.78, 5) is 17.8. The molecule has 2 rings (SSSR count). The molecular formula is C16H20F6N2O4. The Morgan fingerprint density at radius 2 is 1.32 bits per heavy atom. The molecule has 0 aromatic heterocycles. The zero-order chi connectivity index (χ0) is 22.1. The van der Waals surface area contributed by atoms with Crippen molar-refractivity contribution in [3.63, 3.8) is 0 Å². The summed E-state index contributed by atoms with van der Waals surface area (Å²) >= 11 is 0. The van der Waals surface area contributed by atoms with Gasteiger partial charge in [0.2, 0.25) is 0 Å². The maximum Gasteiger partial charge on any atom is 0.490 e. The van der Waals surface area contributed by atoms with Crippen LogP contribution in [-0.4, -0.2) is 47.1 Å². The van der Waals surface area contributed by atoms with Crippen molar-refractivity contribution >= 4 is 11.9 Å². The van der Waals surface area contributed by atoms with Crippen LogP contribution in [0.3, 0.4) is 0 Å². The largest absolute Gasteiger partial charge is 0.490 e. The van der Waals surface area contributed by atoms with Gasteiger partial charge in [-0.3, -0.25) is 0 Å². The molecule has 6 nitrogen and oxygen atoms in total. The van der Waals surface area contributed by atoms with Crippen molar-refractivity contribution in [1.29, 1.82) is 0 Å². The number of alkyl halides is 6. The lowest BCUT2D eigenvalue weighted by Gasteiger charge is -2.39. The number of halogens is 6. The van der Waals surface area contributed by atoms with E-state index in [0.29, 0.717) is 12.5 Å². The van der Waals surface area contributed by atoms with Crippen molar-refractivity contribution < 1.29 is 46.1 Å². The Morgan fingerprint density at radius 3 is 1.61 bits per heavy atom. The van der Waals surface area contributed by atoms with Gasteiger partial charge in [0.05, 0.1) is 0 Å². The molecule has 1 aliphatic carbocycles. The van der Waals surface area contributed by atoms with Crippen LogP contribution in [0.25, 0.3) is 0 Å². The minimum Gasteiger partial charge on any atom is -0.475 e. The van der Waals surface area contributed by atoms with E-state index in [0.717, 1.165) is 5.92 Å². The Balaban J connectivity index is 0.000000444. The van der Waals surface area contributed by atoms with Crippen LogP contribution in [0.2, 0.25) is 0 Å². The van der Waals surface area contributed by atoms with Gasteiger partial charge in [0.1, 0.15) is 0 Å². The standard InChI is InChI=1S/C12H18N2.2C2HF3O2/c13-8-12(14)11-6-10(7-11)9-4-2-1-3-5-9;2*3-2(4,5)1(6)7/h1-5,10-12H,6-8,13-14H2;2*(H,6,7). The molecule has 28 heavy (non-hydrogen) atoms. The summed E-state index contributed by atoms with van der Waals surface area (Å²) in [5.74, 6) is -4.15. The summed E-state index contributed by atoms with van der Waals surface area (Å²) in [6.07, 6.45) is -7.75. The summed E-state index contributed by atoms with van der Waals surface area (Å²) in [6, 6.07) is 10.9. The molecule has 1 atom stereocenters. The highest BCUT2D eigenvalue weighted by atomic mass is 19.4. The average Bonchev–Trinajstić information content (AvgIpc) is 2.53. The van der Waals surface area contributed by atoms with Gasteiger partial charge in [-0.15, -0.1) is 0 Å². The third-order valence-corrected chi connectivity index (χ3v) is 3.81. The lowest BCUT2D eigenvalue weighted by Crippen LogP contribution is -2.43. The number of nitrogens with two attached hydrogens (primary N) is 2. The van der Waals surface area contributed by atoms with Crippen molar-refractivity contribution in [2.24, 2.45) is 17.4 Å². The smallest absolute Gasteiger partial charge is 0.475 e. The van der Waals surface area contributed by atoms with E-state index >= 15 is 0 Å². The molecule has 6 N–H and O–H groups in total. The molecule has 1 fully saturated rings. The summed E-state index contributed by atoms with van der Waals surface area (Å²) in [5, 5.41) is 14.2. The Morgan fingerprint density at radius 1 is 0.964 bits per heavy atom. The Hall–Kier alpha value is -2.34. The van der Waals surface area contributed by atoms with Crippen LogP contribution in [0.5, 0.6) is 0 Å². The van der Waals surface area contributed by atoms with E-state index < -0.39 is 24.3 Å². The highest BCUT2D eigenvalue weighted by Crippen LogP contribution is 2.42. The number of hydrogen-bond donors (Lipinski definition) is 4. The van der Waals surface area contributed by atoms with Crippen molar-refractivity contribution in [2.45, 2.75) is 37.2 Å². The van der Waals surface area contributed by atoms with Crippen LogP contribution in [0.15, 0.2) is 30.3 Å². The number of aliphatic carboxylic acids is 2. The predicted molar refractivity (Wildman–Crippen MR) is 86.3 cm³/mol. The van der Waals surface area contributed by atoms with E-state index in [9.17, 15) is 26.3 Å². The van der Waals surface area contributed by atoms with Crippen LogP contribution in [-0.2, 0) is 9.59 Å². The number of carbonyl (C=O) groups is 2. The minimum absolute atomic E-state index is 0.204. The third-order valence-electron chi connectivity index (χ3n) is 3.81. The van der Waals surface area contributed by atoms with Crippen LogP contribution in [0, 0.1) is 5.92 Å². The Bertz CT molecular complexity index is 592. The van der Waals surface area contributed by atoms with Gasteiger partial charge in [-0.25, -0.2) is 9.59 Å². The first-order chi connectivity index (χ1) is 12.7. The summed E-state index contributed by atoms with van der Waals surface area (Å²) in [6.45, 7) is 0.617. The molecule has 0 amide bonds. The number of carboxylic acid groups (broad SMARTS) is 2. The van der Waals surface area contributed by atoms with Crippen molar-refractivity contribution in [3.8, 4) is 0 Å². The molecule has 1 aromatic carbocycles. The SMILES string of the molecule is NCC(N)C1CC(c2ccccc2)C1.O=C(O)C(F)(F)F.O=C(O)C(F)(F)F. The maximum absolute atomic E-state index is 10.6. The van der Waals surface area contributed by atoms with E-state index in [1.165, 1.54) is 18.4 Å². The molecule has 1 saturated carbocycles. The van der Waals surface area contributed by atoms with Crippen LogP contribution < -0.4 is 11.5 Å². The first-order valence-electron chi connectivity index (χ1n) is 7.80. The van der Waals surface area contributed by atoms with Crippen molar-refractivity contribution in [2.75, 3.05) is 6.54 Å². The molecule has 1 unspecified atom stereocenters. The van der Waals surface area contributed by atoms with E-state index in [-0.39, 0.29) is 6.04 Å². The van der Waals surface area contributed by atoms with E-state index in [4.69, 9.17) is 31.3 Å². The molecule has 12 heteroatoms. The second kappa shape index (κ2) is 10.9. The van der Waals surface area contributed by atoms with Gasteiger partial charge in [0, 0.05) is 12.6 Å². The fourth-order valence-electron chi connectivity index (χ4n) is 2.20. The Labute approximate surface area is 156 Å². The van der Waals surface area contributed by atoms with Crippen molar-refractivity contribution in [3.05, 3.63) is 35.9 Å². The molecule has 1 aromatic rings. The van der Waals surface area contributed by atoms with Crippen LogP contribution in [0.4, 0.5) is 26.3 Å². The normalized spacial score (nSPS) is 19.7.